The summed E-state index contributed by atoms with van der Waals surface area (Å²) in [7, 11) is 0. The number of carboxylic acid groups (broad SMARTS) is 1. The molecule has 0 aromatic carbocycles. The highest BCUT2D eigenvalue weighted by atomic mass is 16.5. The van der Waals surface area contributed by atoms with Gasteiger partial charge in [0.05, 0.1) is 6.42 Å². The molecule has 0 saturated carbocycles. The lowest BCUT2D eigenvalue weighted by Crippen LogP contribution is -2.16. The van der Waals surface area contributed by atoms with Crippen molar-refractivity contribution in [3.63, 3.8) is 0 Å². The van der Waals surface area contributed by atoms with Crippen molar-refractivity contribution in [2.24, 2.45) is 0 Å². The maximum Gasteiger partial charge on any atom is 0.334 e. The Balaban J connectivity index is 3.88. The summed E-state index contributed by atoms with van der Waals surface area (Å²) < 4.78 is 4.57. The summed E-state index contributed by atoms with van der Waals surface area (Å²) in [6.45, 7) is 4.77. The Hall–Kier alpha value is -1.65. The van der Waals surface area contributed by atoms with Crippen molar-refractivity contribution in [3.8, 4) is 0 Å². The van der Waals surface area contributed by atoms with E-state index in [9.17, 15) is 14.4 Å². The molecule has 15 heavy (non-hydrogen) atoms. The van der Waals surface area contributed by atoms with E-state index in [0.717, 1.165) is 0 Å². The number of carbonyl (C=O) groups excluding carboxylic acids is 2. The summed E-state index contributed by atoms with van der Waals surface area (Å²) in [6, 6.07) is 0. The van der Waals surface area contributed by atoms with Crippen LogP contribution in [0.4, 0.5) is 0 Å². The summed E-state index contributed by atoms with van der Waals surface area (Å²) in [5.74, 6) is -2.17. The van der Waals surface area contributed by atoms with Crippen LogP contribution >= 0.6 is 0 Å². The minimum Gasteiger partial charge on any atom is -0.481 e. The van der Waals surface area contributed by atoms with Gasteiger partial charge in [0, 0.05) is 12.0 Å². The van der Waals surface area contributed by atoms with E-state index in [4.69, 9.17) is 5.11 Å². The van der Waals surface area contributed by atoms with E-state index in [1.165, 1.54) is 0 Å². The second kappa shape index (κ2) is 6.75. The van der Waals surface area contributed by atoms with Crippen LogP contribution in [0.3, 0.4) is 0 Å². The maximum atomic E-state index is 11.0. The molecule has 0 fully saturated rings. The highest BCUT2D eigenvalue weighted by Crippen LogP contribution is 2.01. The largest absolute Gasteiger partial charge is 0.481 e. The summed E-state index contributed by atoms with van der Waals surface area (Å²) >= 11 is 0. The first kappa shape index (κ1) is 13.4. The summed E-state index contributed by atoms with van der Waals surface area (Å²) in [4.78, 5) is 32.2. The molecule has 0 aromatic rings. The summed E-state index contributed by atoms with van der Waals surface area (Å²) in [6.07, 6.45) is 0.561. The third-order valence-electron chi connectivity index (χ3n) is 1.55. The lowest BCUT2D eigenvalue weighted by Gasteiger charge is -2.04. The molecule has 5 nitrogen and oxygen atoms in total. The average molecular weight is 214 g/mol. The number of rotatable bonds is 7. The minimum atomic E-state index is -1.16. The van der Waals surface area contributed by atoms with Crippen LogP contribution in [0.15, 0.2) is 12.2 Å². The summed E-state index contributed by atoms with van der Waals surface area (Å²) in [5.41, 5.74) is -0.160. The summed E-state index contributed by atoms with van der Waals surface area (Å²) in [5, 5.41) is 8.36. The van der Waals surface area contributed by atoms with Crippen LogP contribution in [0.2, 0.25) is 0 Å². The van der Waals surface area contributed by atoms with Crippen LogP contribution in [-0.4, -0.2) is 29.4 Å². The van der Waals surface area contributed by atoms with Gasteiger partial charge in [-0.15, -0.1) is 0 Å². The van der Waals surface area contributed by atoms with Gasteiger partial charge in [-0.25, -0.2) is 4.79 Å². The van der Waals surface area contributed by atoms with E-state index < -0.39 is 18.4 Å². The van der Waals surface area contributed by atoms with Crippen molar-refractivity contribution >= 4 is 17.7 Å². The SMILES string of the molecule is C=C(CC(=O)O)C(=O)OCC(=O)CCC. The molecule has 0 rings (SSSR count). The Kier molecular flexibility index (Phi) is 6.01. The van der Waals surface area contributed by atoms with Crippen LogP contribution < -0.4 is 0 Å². The zero-order chi connectivity index (χ0) is 11.8. The third kappa shape index (κ3) is 6.42. The number of ketones is 1. The number of hydrogen-bond acceptors (Lipinski definition) is 4. The quantitative estimate of drug-likeness (QED) is 0.503. The number of esters is 1. The molecule has 0 spiro atoms. The normalized spacial score (nSPS) is 9.40. The van der Waals surface area contributed by atoms with Gasteiger partial charge in [-0.05, 0) is 6.42 Å². The molecule has 0 heterocycles. The highest BCUT2D eigenvalue weighted by Gasteiger charge is 2.13. The standard InChI is InChI=1S/C10H14O5/c1-3-4-8(11)6-15-10(14)7(2)5-9(12)13/h2-6H2,1H3,(H,12,13). The van der Waals surface area contributed by atoms with Gasteiger partial charge in [-0.3, -0.25) is 9.59 Å². The van der Waals surface area contributed by atoms with Crippen LogP contribution in [0.25, 0.3) is 0 Å². The lowest BCUT2D eigenvalue weighted by atomic mass is 10.2. The highest BCUT2D eigenvalue weighted by molar-refractivity contribution is 5.94. The van der Waals surface area contributed by atoms with E-state index in [-0.39, 0.29) is 18.0 Å². The van der Waals surface area contributed by atoms with Crippen LogP contribution in [-0.2, 0) is 19.1 Å². The number of Topliss-reactive ketones (excluding diaryl/α,β-unsaturated/α-hetero) is 1. The van der Waals surface area contributed by atoms with Crippen molar-refractivity contribution in [2.45, 2.75) is 26.2 Å². The van der Waals surface area contributed by atoms with Crippen LogP contribution in [0, 0.1) is 0 Å². The number of aliphatic carboxylic acids is 1. The Morgan fingerprint density at radius 3 is 2.40 bits per heavy atom. The first-order valence-corrected chi connectivity index (χ1v) is 4.55. The fourth-order valence-electron chi connectivity index (χ4n) is 0.854. The van der Waals surface area contributed by atoms with Gasteiger partial charge in [-0.2, -0.15) is 0 Å². The van der Waals surface area contributed by atoms with Crippen molar-refractivity contribution in [2.75, 3.05) is 6.61 Å². The molecule has 0 bridgehead atoms. The number of carbonyl (C=O) groups is 3. The third-order valence-corrected chi connectivity index (χ3v) is 1.55. The molecular formula is C10H14O5. The smallest absolute Gasteiger partial charge is 0.334 e. The first-order valence-electron chi connectivity index (χ1n) is 4.55. The molecule has 0 unspecified atom stereocenters. The van der Waals surface area contributed by atoms with Gasteiger partial charge in [0.25, 0.3) is 0 Å². The lowest BCUT2D eigenvalue weighted by molar-refractivity contribution is -0.145. The van der Waals surface area contributed by atoms with E-state index >= 15 is 0 Å². The van der Waals surface area contributed by atoms with Crippen molar-refractivity contribution in [3.05, 3.63) is 12.2 Å². The van der Waals surface area contributed by atoms with E-state index in [0.29, 0.717) is 12.8 Å². The zero-order valence-corrected chi connectivity index (χ0v) is 8.62. The number of carboxylic acids is 1. The minimum absolute atomic E-state index is 0.160. The van der Waals surface area contributed by atoms with Crippen molar-refractivity contribution in [1.29, 1.82) is 0 Å². The molecular weight excluding hydrogens is 200 g/mol. The fourth-order valence-corrected chi connectivity index (χ4v) is 0.854. The Morgan fingerprint density at radius 1 is 1.33 bits per heavy atom. The second-order valence-corrected chi connectivity index (χ2v) is 3.04. The topological polar surface area (TPSA) is 80.7 Å². The van der Waals surface area contributed by atoms with Crippen LogP contribution in [0.5, 0.6) is 0 Å². The van der Waals surface area contributed by atoms with Gasteiger partial charge >= 0.3 is 11.9 Å². The molecule has 0 atom stereocenters. The predicted octanol–water partition coefficient (Wildman–Crippen LogP) is 0.930. The molecule has 0 aliphatic heterocycles. The molecule has 0 aliphatic carbocycles. The maximum absolute atomic E-state index is 11.0. The van der Waals surface area contributed by atoms with Crippen molar-refractivity contribution < 1.29 is 24.2 Å². The molecule has 1 N–H and O–H groups in total. The van der Waals surface area contributed by atoms with Gasteiger partial charge in [0.15, 0.2) is 5.78 Å². The van der Waals surface area contributed by atoms with Crippen LogP contribution in [0.1, 0.15) is 26.2 Å². The fraction of sp³-hybridized carbons (Fsp3) is 0.500. The molecule has 0 radical (unpaired) electrons. The number of hydrogen-bond donors (Lipinski definition) is 1. The van der Waals surface area contributed by atoms with E-state index in [2.05, 4.69) is 11.3 Å². The Bertz CT molecular complexity index is 280. The van der Waals surface area contributed by atoms with E-state index in [1.807, 2.05) is 6.92 Å². The van der Waals surface area contributed by atoms with Gasteiger partial charge in [0.2, 0.25) is 0 Å². The molecule has 0 amide bonds. The average Bonchev–Trinajstić information content (AvgIpc) is 2.13. The van der Waals surface area contributed by atoms with Gasteiger partial charge in [-0.1, -0.05) is 13.5 Å². The van der Waals surface area contributed by atoms with Crippen molar-refractivity contribution in [1.82, 2.24) is 0 Å². The zero-order valence-electron chi connectivity index (χ0n) is 8.62. The predicted molar refractivity (Wildman–Crippen MR) is 52.3 cm³/mol. The molecule has 0 aliphatic rings. The Labute approximate surface area is 87.7 Å². The second-order valence-electron chi connectivity index (χ2n) is 3.04. The molecule has 5 heteroatoms. The van der Waals surface area contributed by atoms with E-state index in [1.54, 1.807) is 0 Å². The first-order chi connectivity index (χ1) is 6.97. The number of ether oxygens (including phenoxy) is 1. The molecule has 84 valence electrons. The molecule has 0 saturated heterocycles. The monoisotopic (exact) mass is 214 g/mol. The molecule has 0 aromatic heterocycles. The van der Waals surface area contributed by atoms with Gasteiger partial charge < -0.3 is 9.84 Å². The van der Waals surface area contributed by atoms with Gasteiger partial charge in [0.1, 0.15) is 6.61 Å². The Morgan fingerprint density at radius 2 is 1.93 bits per heavy atom.